The van der Waals surface area contributed by atoms with E-state index in [4.69, 9.17) is 4.74 Å². The molecule has 1 atom stereocenters. The molecule has 3 nitrogen and oxygen atoms in total. The van der Waals surface area contributed by atoms with E-state index < -0.39 is 0 Å². The molecule has 2 aromatic rings. The molecule has 0 aliphatic rings. The van der Waals surface area contributed by atoms with E-state index in [9.17, 15) is 9.18 Å². The molecule has 4 heteroatoms. The second-order valence-electron chi connectivity index (χ2n) is 5.03. The van der Waals surface area contributed by atoms with Crippen LogP contribution in [0, 0.1) is 5.82 Å². The van der Waals surface area contributed by atoms with E-state index >= 15 is 0 Å². The van der Waals surface area contributed by atoms with Crippen molar-refractivity contribution < 1.29 is 13.9 Å². The predicted molar refractivity (Wildman–Crippen MR) is 84.2 cm³/mol. The zero-order valence-corrected chi connectivity index (χ0v) is 12.6. The first-order valence-corrected chi connectivity index (χ1v) is 7.27. The first-order chi connectivity index (χ1) is 10.7. The first kappa shape index (κ1) is 16.2. The van der Waals surface area contributed by atoms with Crippen molar-refractivity contribution in [1.82, 2.24) is 5.32 Å². The number of rotatable bonds is 7. The molecule has 0 aliphatic carbocycles. The summed E-state index contributed by atoms with van der Waals surface area (Å²) >= 11 is 0. The van der Waals surface area contributed by atoms with Gasteiger partial charge in [-0.3, -0.25) is 4.79 Å². The number of carbonyl (C=O) groups is 1. The fourth-order valence-corrected chi connectivity index (χ4v) is 2.40. The van der Waals surface area contributed by atoms with Crippen molar-refractivity contribution in [3.63, 3.8) is 0 Å². The smallest absolute Gasteiger partial charge is 0.221 e. The van der Waals surface area contributed by atoms with Crippen molar-refractivity contribution in [3.8, 4) is 0 Å². The molecule has 1 N–H and O–H groups in total. The SMILES string of the molecule is COCCNC(=O)C[C@@H](c1ccccc1)c1ccccc1F. The van der Waals surface area contributed by atoms with Gasteiger partial charge in [0.05, 0.1) is 6.61 Å². The van der Waals surface area contributed by atoms with E-state index in [1.165, 1.54) is 6.07 Å². The third-order valence-electron chi connectivity index (χ3n) is 3.50. The van der Waals surface area contributed by atoms with E-state index in [0.29, 0.717) is 18.7 Å². The Morgan fingerprint density at radius 3 is 2.50 bits per heavy atom. The molecule has 0 bridgehead atoms. The van der Waals surface area contributed by atoms with Crippen LogP contribution in [0.15, 0.2) is 54.6 Å². The van der Waals surface area contributed by atoms with E-state index in [0.717, 1.165) is 5.56 Å². The maximum atomic E-state index is 14.1. The summed E-state index contributed by atoms with van der Waals surface area (Å²) in [7, 11) is 1.58. The van der Waals surface area contributed by atoms with Gasteiger partial charge < -0.3 is 10.1 Å². The van der Waals surface area contributed by atoms with E-state index in [2.05, 4.69) is 5.32 Å². The minimum absolute atomic E-state index is 0.117. The molecule has 22 heavy (non-hydrogen) atoms. The Hall–Kier alpha value is -2.20. The minimum Gasteiger partial charge on any atom is -0.383 e. The number of hydrogen-bond donors (Lipinski definition) is 1. The van der Waals surface area contributed by atoms with Crippen molar-refractivity contribution in [1.29, 1.82) is 0 Å². The lowest BCUT2D eigenvalue weighted by Crippen LogP contribution is -2.28. The number of methoxy groups -OCH3 is 1. The molecule has 2 aromatic carbocycles. The van der Waals surface area contributed by atoms with Crippen molar-refractivity contribution in [2.75, 3.05) is 20.3 Å². The summed E-state index contributed by atoms with van der Waals surface area (Å²) in [6.07, 6.45) is 0.203. The second-order valence-corrected chi connectivity index (χ2v) is 5.03. The highest BCUT2D eigenvalue weighted by Gasteiger charge is 2.20. The Kier molecular flexibility index (Phi) is 6.10. The third kappa shape index (κ3) is 4.40. The topological polar surface area (TPSA) is 38.3 Å². The van der Waals surface area contributed by atoms with Gasteiger partial charge in [-0.1, -0.05) is 48.5 Å². The highest BCUT2D eigenvalue weighted by Crippen LogP contribution is 2.29. The lowest BCUT2D eigenvalue weighted by atomic mass is 9.88. The number of halogens is 1. The Morgan fingerprint density at radius 1 is 1.14 bits per heavy atom. The van der Waals surface area contributed by atoms with Gasteiger partial charge >= 0.3 is 0 Å². The quantitative estimate of drug-likeness (QED) is 0.798. The minimum atomic E-state index is -0.301. The van der Waals surface area contributed by atoms with Gasteiger partial charge in [-0.05, 0) is 17.2 Å². The van der Waals surface area contributed by atoms with Crippen molar-refractivity contribution in [2.45, 2.75) is 12.3 Å². The molecule has 0 saturated heterocycles. The summed E-state index contributed by atoms with van der Waals surface area (Å²) in [6, 6.07) is 16.1. The average Bonchev–Trinajstić information content (AvgIpc) is 2.54. The van der Waals surface area contributed by atoms with Crippen LogP contribution in [0.4, 0.5) is 4.39 Å². The number of benzene rings is 2. The lowest BCUT2D eigenvalue weighted by molar-refractivity contribution is -0.121. The molecule has 0 radical (unpaired) electrons. The van der Waals surface area contributed by atoms with Gasteiger partial charge in [0.1, 0.15) is 5.82 Å². The largest absolute Gasteiger partial charge is 0.383 e. The van der Waals surface area contributed by atoms with Gasteiger partial charge in [0.15, 0.2) is 0 Å². The highest BCUT2D eigenvalue weighted by atomic mass is 19.1. The molecule has 116 valence electrons. The summed E-state index contributed by atoms with van der Waals surface area (Å²) in [5, 5.41) is 2.79. The summed E-state index contributed by atoms with van der Waals surface area (Å²) < 4.78 is 19.0. The Labute approximate surface area is 130 Å². The normalized spacial score (nSPS) is 11.9. The molecule has 0 heterocycles. The van der Waals surface area contributed by atoms with Crippen LogP contribution in [0.5, 0.6) is 0 Å². The van der Waals surface area contributed by atoms with Crippen LogP contribution in [0.1, 0.15) is 23.5 Å². The maximum Gasteiger partial charge on any atom is 0.221 e. The number of carbonyl (C=O) groups excluding carboxylic acids is 1. The zero-order valence-electron chi connectivity index (χ0n) is 12.6. The molecule has 0 fully saturated rings. The van der Waals surface area contributed by atoms with Crippen LogP contribution >= 0.6 is 0 Å². The van der Waals surface area contributed by atoms with Gasteiger partial charge in [0.25, 0.3) is 0 Å². The highest BCUT2D eigenvalue weighted by molar-refractivity contribution is 5.77. The van der Waals surface area contributed by atoms with Gasteiger partial charge in [-0.2, -0.15) is 0 Å². The van der Waals surface area contributed by atoms with Crippen molar-refractivity contribution >= 4 is 5.91 Å². The van der Waals surface area contributed by atoms with Gasteiger partial charge in [0.2, 0.25) is 5.91 Å². The summed E-state index contributed by atoms with van der Waals surface area (Å²) in [4.78, 5) is 12.1. The standard InChI is InChI=1S/C18H20FNO2/c1-22-12-11-20-18(21)13-16(14-7-3-2-4-8-14)15-9-5-6-10-17(15)19/h2-10,16H,11-13H2,1H3,(H,20,21)/t16-/m0/s1. The molecule has 0 aromatic heterocycles. The molecule has 0 spiro atoms. The number of nitrogens with one attached hydrogen (secondary N) is 1. The van der Waals surface area contributed by atoms with Crippen LogP contribution < -0.4 is 5.32 Å². The second kappa shape index (κ2) is 8.29. The number of hydrogen-bond acceptors (Lipinski definition) is 2. The van der Waals surface area contributed by atoms with Crippen LogP contribution in [0.3, 0.4) is 0 Å². The molecule has 2 rings (SSSR count). The fourth-order valence-electron chi connectivity index (χ4n) is 2.40. The van der Waals surface area contributed by atoms with Crippen LogP contribution in [-0.2, 0) is 9.53 Å². The lowest BCUT2D eigenvalue weighted by Gasteiger charge is -2.18. The fraction of sp³-hybridized carbons (Fsp3) is 0.278. The Balaban J connectivity index is 2.20. The first-order valence-electron chi connectivity index (χ1n) is 7.27. The van der Waals surface area contributed by atoms with Gasteiger partial charge in [-0.15, -0.1) is 0 Å². The van der Waals surface area contributed by atoms with Gasteiger partial charge in [-0.25, -0.2) is 4.39 Å². The van der Waals surface area contributed by atoms with Gasteiger partial charge in [0, 0.05) is 26.0 Å². The third-order valence-corrected chi connectivity index (χ3v) is 3.50. The summed E-state index contributed by atoms with van der Waals surface area (Å²) in [5.74, 6) is -0.708. The van der Waals surface area contributed by atoms with Crippen LogP contribution in [0.2, 0.25) is 0 Å². The average molecular weight is 301 g/mol. The van der Waals surface area contributed by atoms with E-state index in [1.54, 1.807) is 25.3 Å². The van der Waals surface area contributed by atoms with Crippen molar-refractivity contribution in [2.24, 2.45) is 0 Å². The predicted octanol–water partition coefficient (Wildman–Crippen LogP) is 3.11. The summed E-state index contributed by atoms with van der Waals surface area (Å²) in [6.45, 7) is 0.912. The van der Waals surface area contributed by atoms with Crippen LogP contribution in [-0.4, -0.2) is 26.2 Å². The summed E-state index contributed by atoms with van der Waals surface area (Å²) in [5.41, 5.74) is 1.46. The van der Waals surface area contributed by atoms with E-state index in [-0.39, 0.29) is 24.1 Å². The molecular formula is C18H20FNO2. The number of ether oxygens (including phenoxy) is 1. The molecular weight excluding hydrogens is 281 g/mol. The van der Waals surface area contributed by atoms with E-state index in [1.807, 2.05) is 30.3 Å². The molecule has 0 unspecified atom stereocenters. The van der Waals surface area contributed by atoms with Crippen LogP contribution in [0.25, 0.3) is 0 Å². The molecule has 0 aliphatic heterocycles. The Morgan fingerprint density at radius 2 is 1.82 bits per heavy atom. The van der Waals surface area contributed by atoms with Crippen molar-refractivity contribution in [3.05, 3.63) is 71.5 Å². The molecule has 1 amide bonds. The number of amides is 1. The zero-order chi connectivity index (χ0) is 15.8. The molecule has 0 saturated carbocycles. The monoisotopic (exact) mass is 301 g/mol. The Bertz CT molecular complexity index is 601. The maximum absolute atomic E-state index is 14.1.